The molecular weight excluding hydrogens is 341 g/mol. The highest BCUT2D eigenvalue weighted by Gasteiger charge is 2.15. The van der Waals surface area contributed by atoms with Crippen LogP contribution in [0.15, 0.2) is 24.3 Å². The van der Waals surface area contributed by atoms with Gasteiger partial charge >= 0.3 is 0 Å². The van der Waals surface area contributed by atoms with Gasteiger partial charge in [-0.2, -0.15) is 0 Å². The number of hydrogen-bond acceptors (Lipinski definition) is 2. The van der Waals surface area contributed by atoms with Gasteiger partial charge in [0, 0.05) is 16.0 Å². The smallest absolute Gasteiger partial charge is 0.224 e. The molecule has 0 bridgehead atoms. The molecule has 1 rings (SSSR count). The fourth-order valence-corrected chi connectivity index (χ4v) is 2.90. The number of carbonyl (C=O) groups is 1. The quantitative estimate of drug-likeness (QED) is 0.625. The van der Waals surface area contributed by atoms with E-state index in [2.05, 4.69) is 41.8 Å². The first kappa shape index (κ1) is 15.3. The molecule has 1 aromatic rings. The number of rotatable bonds is 6. The fraction of sp³-hybridized carbons (Fsp3) is 0.500. The third-order valence-corrected chi connectivity index (χ3v) is 3.81. The monoisotopic (exact) mass is 361 g/mol. The molecule has 0 aliphatic heterocycles. The van der Waals surface area contributed by atoms with Gasteiger partial charge in [-0.15, -0.1) is 0 Å². The summed E-state index contributed by atoms with van der Waals surface area (Å²) in [7, 11) is 1.62. The largest absolute Gasteiger partial charge is 0.496 e. The SMILES string of the molecule is COc1ccccc1CC(=O)NC(CI)C(C)C. The highest BCUT2D eigenvalue weighted by Crippen LogP contribution is 2.17. The van der Waals surface area contributed by atoms with Crippen LogP contribution in [0.25, 0.3) is 0 Å². The number of alkyl halides is 1. The first-order valence-corrected chi connectivity index (χ1v) is 7.58. The van der Waals surface area contributed by atoms with Crippen LogP contribution in [-0.2, 0) is 11.2 Å². The number of methoxy groups -OCH3 is 1. The summed E-state index contributed by atoms with van der Waals surface area (Å²) < 4.78 is 6.17. The average Bonchev–Trinajstić information content (AvgIpc) is 2.36. The minimum atomic E-state index is 0.0508. The number of amides is 1. The van der Waals surface area contributed by atoms with E-state index in [9.17, 15) is 4.79 Å². The highest BCUT2D eigenvalue weighted by molar-refractivity contribution is 14.1. The molecule has 100 valence electrons. The zero-order valence-corrected chi connectivity index (χ0v) is 13.2. The Morgan fingerprint density at radius 2 is 2.06 bits per heavy atom. The summed E-state index contributed by atoms with van der Waals surface area (Å²) in [6.45, 7) is 4.24. The molecule has 3 nitrogen and oxygen atoms in total. The molecule has 18 heavy (non-hydrogen) atoms. The number of para-hydroxylation sites is 1. The predicted molar refractivity (Wildman–Crippen MR) is 82.4 cm³/mol. The molecule has 0 aliphatic rings. The Morgan fingerprint density at radius 1 is 1.39 bits per heavy atom. The number of carbonyl (C=O) groups excluding carboxylic acids is 1. The Balaban J connectivity index is 2.64. The van der Waals surface area contributed by atoms with Crippen LogP contribution in [0.1, 0.15) is 19.4 Å². The lowest BCUT2D eigenvalue weighted by Gasteiger charge is -2.20. The molecule has 0 aliphatic carbocycles. The van der Waals surface area contributed by atoms with Crippen LogP contribution in [-0.4, -0.2) is 23.5 Å². The fourth-order valence-electron chi connectivity index (χ4n) is 1.66. The molecule has 0 aromatic heterocycles. The maximum absolute atomic E-state index is 12.0. The Morgan fingerprint density at radius 3 is 2.61 bits per heavy atom. The summed E-state index contributed by atoms with van der Waals surface area (Å²) in [5.41, 5.74) is 0.925. The van der Waals surface area contributed by atoms with Gasteiger partial charge in [0.25, 0.3) is 0 Å². The van der Waals surface area contributed by atoms with Gasteiger partial charge in [0.15, 0.2) is 0 Å². The Labute approximate surface area is 122 Å². The Kier molecular flexibility index (Phi) is 6.46. The third-order valence-electron chi connectivity index (χ3n) is 2.86. The molecule has 1 unspecified atom stereocenters. The molecule has 0 saturated heterocycles. The number of halogens is 1. The van der Waals surface area contributed by atoms with Crippen molar-refractivity contribution in [1.82, 2.24) is 5.32 Å². The molecule has 4 heteroatoms. The molecule has 0 heterocycles. The predicted octanol–water partition coefficient (Wildman–Crippen LogP) is 2.81. The van der Waals surface area contributed by atoms with E-state index < -0.39 is 0 Å². The molecule has 0 spiro atoms. The summed E-state index contributed by atoms with van der Waals surface area (Å²) >= 11 is 2.30. The van der Waals surface area contributed by atoms with Crippen LogP contribution >= 0.6 is 22.6 Å². The second kappa shape index (κ2) is 7.61. The number of benzene rings is 1. The normalized spacial score (nSPS) is 12.3. The first-order valence-electron chi connectivity index (χ1n) is 6.05. The van der Waals surface area contributed by atoms with Gasteiger partial charge in [0.1, 0.15) is 5.75 Å². The van der Waals surface area contributed by atoms with Crippen molar-refractivity contribution in [3.8, 4) is 5.75 Å². The lowest BCUT2D eigenvalue weighted by atomic mass is 10.1. The minimum absolute atomic E-state index is 0.0508. The number of hydrogen-bond donors (Lipinski definition) is 1. The van der Waals surface area contributed by atoms with Crippen molar-refractivity contribution in [2.75, 3.05) is 11.5 Å². The molecule has 0 fully saturated rings. The Hall–Kier alpha value is -0.780. The van der Waals surface area contributed by atoms with Crippen molar-refractivity contribution in [2.45, 2.75) is 26.3 Å². The molecule has 1 aromatic carbocycles. The molecule has 1 N–H and O–H groups in total. The topological polar surface area (TPSA) is 38.3 Å². The van der Waals surface area contributed by atoms with E-state index in [1.54, 1.807) is 7.11 Å². The second-order valence-corrected chi connectivity index (χ2v) is 5.44. The Bertz CT molecular complexity index is 393. The van der Waals surface area contributed by atoms with Crippen molar-refractivity contribution in [2.24, 2.45) is 5.92 Å². The summed E-state index contributed by atoms with van der Waals surface area (Å²) in [5.74, 6) is 1.27. The maximum Gasteiger partial charge on any atom is 0.224 e. The van der Waals surface area contributed by atoms with E-state index in [1.165, 1.54) is 0 Å². The molecule has 0 saturated carbocycles. The van der Waals surface area contributed by atoms with Crippen LogP contribution in [0.3, 0.4) is 0 Å². The van der Waals surface area contributed by atoms with E-state index in [0.29, 0.717) is 12.3 Å². The van der Waals surface area contributed by atoms with Gasteiger partial charge in [0.2, 0.25) is 5.91 Å². The second-order valence-electron chi connectivity index (χ2n) is 4.56. The van der Waals surface area contributed by atoms with E-state index in [0.717, 1.165) is 15.7 Å². The van der Waals surface area contributed by atoms with Gasteiger partial charge < -0.3 is 10.1 Å². The van der Waals surface area contributed by atoms with Gasteiger partial charge in [-0.1, -0.05) is 54.6 Å². The summed E-state index contributed by atoms with van der Waals surface area (Å²) in [5, 5.41) is 3.06. The summed E-state index contributed by atoms with van der Waals surface area (Å²) in [6, 6.07) is 7.85. The molecule has 1 atom stereocenters. The highest BCUT2D eigenvalue weighted by atomic mass is 127. The van der Waals surface area contributed by atoms with Crippen molar-refractivity contribution >= 4 is 28.5 Å². The third kappa shape index (κ3) is 4.48. The van der Waals surface area contributed by atoms with Crippen molar-refractivity contribution < 1.29 is 9.53 Å². The van der Waals surface area contributed by atoms with E-state index >= 15 is 0 Å². The van der Waals surface area contributed by atoms with Crippen LogP contribution in [0.2, 0.25) is 0 Å². The zero-order valence-electron chi connectivity index (χ0n) is 11.1. The minimum Gasteiger partial charge on any atom is -0.496 e. The standard InChI is InChI=1S/C14H20INO2/c1-10(2)12(9-15)16-14(17)8-11-6-4-5-7-13(11)18-3/h4-7,10,12H,8-9H2,1-3H3,(H,16,17). The zero-order chi connectivity index (χ0) is 13.5. The van der Waals surface area contributed by atoms with Crippen LogP contribution < -0.4 is 10.1 Å². The first-order chi connectivity index (χ1) is 8.58. The van der Waals surface area contributed by atoms with Gasteiger partial charge in [-0.3, -0.25) is 4.79 Å². The van der Waals surface area contributed by atoms with Crippen LogP contribution in [0.5, 0.6) is 5.75 Å². The van der Waals surface area contributed by atoms with E-state index in [1.807, 2.05) is 24.3 Å². The van der Waals surface area contributed by atoms with Crippen LogP contribution in [0.4, 0.5) is 0 Å². The van der Waals surface area contributed by atoms with Crippen molar-refractivity contribution in [1.29, 1.82) is 0 Å². The van der Waals surface area contributed by atoms with Gasteiger partial charge in [-0.25, -0.2) is 0 Å². The lowest BCUT2D eigenvalue weighted by molar-refractivity contribution is -0.121. The summed E-state index contributed by atoms with van der Waals surface area (Å²) in [4.78, 5) is 12.0. The van der Waals surface area contributed by atoms with E-state index in [-0.39, 0.29) is 11.9 Å². The lowest BCUT2D eigenvalue weighted by Crippen LogP contribution is -2.40. The molecule has 1 amide bonds. The number of ether oxygens (including phenoxy) is 1. The summed E-state index contributed by atoms with van der Waals surface area (Å²) in [6.07, 6.45) is 0.365. The van der Waals surface area contributed by atoms with Gasteiger partial charge in [0.05, 0.1) is 13.5 Å². The molecule has 0 radical (unpaired) electrons. The maximum atomic E-state index is 12.0. The van der Waals surface area contributed by atoms with Gasteiger partial charge in [-0.05, 0) is 12.0 Å². The molecular formula is C14H20INO2. The van der Waals surface area contributed by atoms with Crippen LogP contribution in [0, 0.1) is 5.92 Å². The van der Waals surface area contributed by atoms with Crippen molar-refractivity contribution in [3.05, 3.63) is 29.8 Å². The van der Waals surface area contributed by atoms with E-state index in [4.69, 9.17) is 4.74 Å². The average molecular weight is 361 g/mol. The number of nitrogens with one attached hydrogen (secondary N) is 1. The van der Waals surface area contributed by atoms with Crippen molar-refractivity contribution in [3.63, 3.8) is 0 Å².